The molecule has 0 radical (unpaired) electrons. The van der Waals surface area contributed by atoms with Crippen molar-refractivity contribution < 1.29 is 5.11 Å². The molecule has 0 aliphatic carbocycles. The summed E-state index contributed by atoms with van der Waals surface area (Å²) in [4.78, 5) is 12.4. The lowest BCUT2D eigenvalue weighted by molar-refractivity contribution is 0.445. The van der Waals surface area contributed by atoms with Gasteiger partial charge in [-0.15, -0.1) is 0 Å². The summed E-state index contributed by atoms with van der Waals surface area (Å²) in [6.07, 6.45) is 2.26. The first-order valence-electron chi connectivity index (χ1n) is 7.91. The zero-order valence-electron chi connectivity index (χ0n) is 13.3. The van der Waals surface area contributed by atoms with Crippen molar-refractivity contribution in [1.82, 2.24) is 4.57 Å². The summed E-state index contributed by atoms with van der Waals surface area (Å²) in [6.45, 7) is 0.418. The highest BCUT2D eigenvalue weighted by atomic mass is 16.3. The van der Waals surface area contributed by atoms with E-state index in [1.54, 1.807) is 12.3 Å². The first-order chi connectivity index (χ1) is 11.6. The van der Waals surface area contributed by atoms with Gasteiger partial charge in [0, 0.05) is 17.8 Å². The van der Waals surface area contributed by atoms with Crippen molar-refractivity contribution in [3.63, 3.8) is 0 Å². The standard InChI is InChI=1S/C20H20N2O2/c21-18(13-15-7-3-1-4-8-15)17-11-12-22(20(24)19(17)23)14-16-9-5-2-6-10-16/h1-12,18,23H,13-14,21H2. The molecular formula is C20H20N2O2. The largest absolute Gasteiger partial charge is 0.503 e. The minimum absolute atomic E-state index is 0.267. The number of benzene rings is 2. The summed E-state index contributed by atoms with van der Waals surface area (Å²) in [5, 5.41) is 10.3. The highest BCUT2D eigenvalue weighted by molar-refractivity contribution is 5.34. The number of aromatic nitrogens is 1. The molecule has 3 rings (SSSR count). The molecule has 0 spiro atoms. The van der Waals surface area contributed by atoms with Crippen LogP contribution in [0.1, 0.15) is 22.7 Å². The second-order valence-corrected chi connectivity index (χ2v) is 5.83. The fourth-order valence-electron chi connectivity index (χ4n) is 2.76. The van der Waals surface area contributed by atoms with Crippen molar-refractivity contribution in [3.8, 4) is 5.75 Å². The topological polar surface area (TPSA) is 68.2 Å². The smallest absolute Gasteiger partial charge is 0.293 e. The van der Waals surface area contributed by atoms with E-state index in [0.717, 1.165) is 11.1 Å². The summed E-state index contributed by atoms with van der Waals surface area (Å²) < 4.78 is 1.49. The van der Waals surface area contributed by atoms with E-state index in [1.807, 2.05) is 60.7 Å². The Balaban J connectivity index is 1.83. The van der Waals surface area contributed by atoms with Crippen molar-refractivity contribution in [2.24, 2.45) is 5.73 Å². The number of nitrogens with zero attached hydrogens (tertiary/aromatic N) is 1. The van der Waals surface area contributed by atoms with Gasteiger partial charge in [0.2, 0.25) is 0 Å². The molecule has 4 nitrogen and oxygen atoms in total. The summed E-state index contributed by atoms with van der Waals surface area (Å²) in [7, 11) is 0. The van der Waals surface area contributed by atoms with E-state index in [0.29, 0.717) is 18.5 Å². The highest BCUT2D eigenvalue weighted by Crippen LogP contribution is 2.22. The van der Waals surface area contributed by atoms with Gasteiger partial charge in [-0.05, 0) is 23.6 Å². The van der Waals surface area contributed by atoms with Gasteiger partial charge in [-0.1, -0.05) is 60.7 Å². The Hall–Kier alpha value is -2.85. The minimum atomic E-state index is -0.425. The lowest BCUT2D eigenvalue weighted by Gasteiger charge is -2.15. The third kappa shape index (κ3) is 3.55. The molecule has 24 heavy (non-hydrogen) atoms. The molecule has 0 aliphatic heterocycles. The van der Waals surface area contributed by atoms with Gasteiger partial charge < -0.3 is 15.4 Å². The van der Waals surface area contributed by atoms with Crippen molar-refractivity contribution in [2.75, 3.05) is 0 Å². The monoisotopic (exact) mass is 320 g/mol. The average Bonchev–Trinajstić information content (AvgIpc) is 2.61. The van der Waals surface area contributed by atoms with Gasteiger partial charge in [0.25, 0.3) is 5.56 Å². The van der Waals surface area contributed by atoms with Crippen LogP contribution in [0.3, 0.4) is 0 Å². The van der Waals surface area contributed by atoms with E-state index < -0.39 is 11.6 Å². The molecular weight excluding hydrogens is 300 g/mol. The van der Waals surface area contributed by atoms with Gasteiger partial charge in [-0.3, -0.25) is 4.79 Å². The summed E-state index contributed by atoms with van der Waals surface area (Å²) in [6, 6.07) is 20.7. The molecule has 4 heteroatoms. The third-order valence-corrected chi connectivity index (χ3v) is 4.06. The summed E-state index contributed by atoms with van der Waals surface area (Å²) >= 11 is 0. The normalized spacial score (nSPS) is 12.0. The Morgan fingerprint density at radius 3 is 2.12 bits per heavy atom. The first kappa shape index (κ1) is 16.0. The van der Waals surface area contributed by atoms with Crippen LogP contribution in [0.4, 0.5) is 0 Å². The minimum Gasteiger partial charge on any atom is -0.503 e. The molecule has 0 saturated carbocycles. The Labute approximate surface area is 140 Å². The van der Waals surface area contributed by atoms with E-state index in [-0.39, 0.29) is 5.75 Å². The van der Waals surface area contributed by atoms with Crippen LogP contribution in [-0.2, 0) is 13.0 Å². The molecule has 3 aromatic rings. The van der Waals surface area contributed by atoms with E-state index in [1.165, 1.54) is 4.57 Å². The van der Waals surface area contributed by atoms with Crippen molar-refractivity contribution >= 4 is 0 Å². The number of rotatable bonds is 5. The predicted octanol–water partition coefficient (Wildman–Crippen LogP) is 2.84. The van der Waals surface area contributed by atoms with Crippen LogP contribution >= 0.6 is 0 Å². The molecule has 2 aromatic carbocycles. The van der Waals surface area contributed by atoms with Gasteiger partial charge >= 0.3 is 0 Å². The maximum absolute atomic E-state index is 12.4. The van der Waals surface area contributed by atoms with Crippen LogP contribution in [0.25, 0.3) is 0 Å². The van der Waals surface area contributed by atoms with Crippen LogP contribution < -0.4 is 11.3 Å². The fourth-order valence-corrected chi connectivity index (χ4v) is 2.76. The molecule has 122 valence electrons. The van der Waals surface area contributed by atoms with E-state index in [4.69, 9.17) is 5.73 Å². The Morgan fingerprint density at radius 2 is 1.50 bits per heavy atom. The highest BCUT2D eigenvalue weighted by Gasteiger charge is 2.15. The van der Waals surface area contributed by atoms with Gasteiger partial charge in [-0.2, -0.15) is 0 Å². The number of nitrogens with two attached hydrogens (primary N) is 1. The van der Waals surface area contributed by atoms with Crippen LogP contribution in [-0.4, -0.2) is 9.67 Å². The predicted molar refractivity (Wildman–Crippen MR) is 95.0 cm³/mol. The Bertz CT molecular complexity index is 858. The van der Waals surface area contributed by atoms with Crippen LogP contribution in [0, 0.1) is 0 Å². The Morgan fingerprint density at radius 1 is 0.917 bits per heavy atom. The molecule has 0 saturated heterocycles. The number of hydrogen-bond donors (Lipinski definition) is 2. The molecule has 3 N–H and O–H groups in total. The molecule has 1 aromatic heterocycles. The molecule has 1 unspecified atom stereocenters. The molecule has 0 bridgehead atoms. The van der Waals surface area contributed by atoms with Gasteiger partial charge in [-0.25, -0.2) is 0 Å². The molecule has 0 amide bonds. The summed E-state index contributed by atoms with van der Waals surface area (Å²) in [5.74, 6) is -0.267. The lowest BCUT2D eigenvalue weighted by atomic mass is 10.00. The molecule has 0 fully saturated rings. The average molecular weight is 320 g/mol. The SMILES string of the molecule is NC(Cc1ccccc1)c1ccn(Cc2ccccc2)c(=O)c1O. The second-order valence-electron chi connectivity index (χ2n) is 5.83. The Kier molecular flexibility index (Phi) is 4.77. The van der Waals surface area contributed by atoms with Crippen molar-refractivity contribution in [1.29, 1.82) is 0 Å². The number of hydrogen-bond acceptors (Lipinski definition) is 3. The number of aromatic hydroxyl groups is 1. The van der Waals surface area contributed by atoms with Gasteiger partial charge in [0.05, 0.1) is 6.54 Å². The molecule has 1 heterocycles. The maximum Gasteiger partial charge on any atom is 0.293 e. The van der Waals surface area contributed by atoms with Gasteiger partial charge in [0.1, 0.15) is 0 Å². The van der Waals surface area contributed by atoms with E-state index >= 15 is 0 Å². The van der Waals surface area contributed by atoms with E-state index in [2.05, 4.69) is 0 Å². The van der Waals surface area contributed by atoms with Gasteiger partial charge in [0.15, 0.2) is 5.75 Å². The van der Waals surface area contributed by atoms with Crippen molar-refractivity contribution in [3.05, 3.63) is 100.0 Å². The summed E-state index contributed by atoms with van der Waals surface area (Å²) in [5.41, 5.74) is 8.32. The van der Waals surface area contributed by atoms with Crippen molar-refractivity contribution in [2.45, 2.75) is 19.0 Å². The third-order valence-electron chi connectivity index (χ3n) is 4.06. The van der Waals surface area contributed by atoms with Crippen LogP contribution in [0.15, 0.2) is 77.7 Å². The maximum atomic E-state index is 12.4. The first-order valence-corrected chi connectivity index (χ1v) is 7.91. The zero-order chi connectivity index (χ0) is 16.9. The van der Waals surface area contributed by atoms with Crippen LogP contribution in [0.5, 0.6) is 5.75 Å². The molecule has 1 atom stereocenters. The lowest BCUT2D eigenvalue weighted by Crippen LogP contribution is -2.23. The fraction of sp³-hybridized carbons (Fsp3) is 0.150. The quantitative estimate of drug-likeness (QED) is 0.759. The molecule has 0 aliphatic rings. The van der Waals surface area contributed by atoms with Crippen LogP contribution in [0.2, 0.25) is 0 Å². The zero-order valence-corrected chi connectivity index (χ0v) is 13.3. The number of pyridine rings is 1. The second kappa shape index (κ2) is 7.15. The van der Waals surface area contributed by atoms with E-state index in [9.17, 15) is 9.90 Å².